The Hall–Kier alpha value is -1.78. The Labute approximate surface area is 88.3 Å². The minimum Gasteiger partial charge on any atom is -0.355 e. The summed E-state index contributed by atoms with van der Waals surface area (Å²) in [6.07, 6.45) is 2.08. The summed E-state index contributed by atoms with van der Waals surface area (Å²) >= 11 is 0. The Morgan fingerprint density at radius 3 is 2.67 bits per heavy atom. The van der Waals surface area contributed by atoms with E-state index < -0.39 is 0 Å². The van der Waals surface area contributed by atoms with Crippen molar-refractivity contribution in [1.29, 1.82) is 0 Å². The van der Waals surface area contributed by atoms with Crippen LogP contribution < -0.4 is 10.6 Å². The second kappa shape index (κ2) is 4.63. The maximum Gasteiger partial charge on any atom is 0.269 e. The van der Waals surface area contributed by atoms with Gasteiger partial charge >= 0.3 is 0 Å². The first kappa shape index (κ1) is 11.3. The van der Waals surface area contributed by atoms with E-state index in [9.17, 15) is 9.59 Å². The number of carbonyl (C=O) groups is 2. The Morgan fingerprint density at radius 2 is 2.13 bits per heavy atom. The number of hydrogen-bond acceptors (Lipinski definition) is 2. The van der Waals surface area contributed by atoms with Gasteiger partial charge in [-0.25, -0.2) is 0 Å². The number of aryl methyl sites for hydroxylation is 1. The van der Waals surface area contributed by atoms with Crippen molar-refractivity contribution in [1.82, 2.24) is 10.3 Å². The fourth-order valence-corrected chi connectivity index (χ4v) is 1.21. The molecule has 0 aromatic carbocycles. The summed E-state index contributed by atoms with van der Waals surface area (Å²) < 4.78 is 0. The number of aromatic nitrogens is 1. The average molecular weight is 209 g/mol. The van der Waals surface area contributed by atoms with Crippen LogP contribution in [0.15, 0.2) is 6.20 Å². The Morgan fingerprint density at radius 1 is 1.47 bits per heavy atom. The molecular formula is C10H15N3O2. The number of amides is 2. The molecule has 5 nitrogen and oxygen atoms in total. The average Bonchev–Trinajstić information content (AvgIpc) is 2.59. The molecule has 5 heteroatoms. The molecule has 1 rings (SSSR count). The standard InChI is InChI=1S/C10H15N3O2/c1-4-7(14)13-8-6(2)5-12-9(8)10(15)11-3/h5,12H,4H2,1-3H3,(H,11,15)(H,13,14). The van der Waals surface area contributed by atoms with Crippen molar-refractivity contribution >= 4 is 17.5 Å². The molecule has 1 heterocycles. The molecule has 0 aliphatic rings. The third-order valence-corrected chi connectivity index (χ3v) is 2.12. The lowest BCUT2D eigenvalue weighted by atomic mass is 10.2. The third kappa shape index (κ3) is 2.37. The smallest absolute Gasteiger partial charge is 0.269 e. The van der Waals surface area contributed by atoms with E-state index >= 15 is 0 Å². The van der Waals surface area contributed by atoms with Crippen LogP contribution in [-0.2, 0) is 4.79 Å². The van der Waals surface area contributed by atoms with Crippen molar-refractivity contribution in [2.45, 2.75) is 20.3 Å². The van der Waals surface area contributed by atoms with E-state index in [4.69, 9.17) is 0 Å². The molecule has 0 radical (unpaired) electrons. The van der Waals surface area contributed by atoms with Gasteiger partial charge in [0.2, 0.25) is 5.91 Å². The largest absolute Gasteiger partial charge is 0.355 e. The molecule has 1 aromatic heterocycles. The molecule has 0 aliphatic carbocycles. The Balaban J connectivity index is 2.99. The molecule has 0 saturated carbocycles. The van der Waals surface area contributed by atoms with Gasteiger partial charge in [-0.05, 0) is 12.5 Å². The number of carbonyl (C=O) groups excluding carboxylic acids is 2. The van der Waals surface area contributed by atoms with E-state index in [2.05, 4.69) is 15.6 Å². The van der Waals surface area contributed by atoms with Crippen LogP contribution in [0.4, 0.5) is 5.69 Å². The highest BCUT2D eigenvalue weighted by Crippen LogP contribution is 2.19. The van der Waals surface area contributed by atoms with Gasteiger partial charge in [-0.2, -0.15) is 0 Å². The SMILES string of the molecule is CCC(=O)Nc1c(C)c[nH]c1C(=O)NC. The molecule has 2 amide bonds. The minimum atomic E-state index is -0.241. The molecule has 1 aromatic rings. The van der Waals surface area contributed by atoms with Gasteiger partial charge in [0, 0.05) is 19.7 Å². The van der Waals surface area contributed by atoms with Gasteiger partial charge in [0.1, 0.15) is 5.69 Å². The van der Waals surface area contributed by atoms with Crippen LogP contribution in [0.1, 0.15) is 29.4 Å². The van der Waals surface area contributed by atoms with E-state index in [1.54, 1.807) is 20.2 Å². The number of anilines is 1. The maximum atomic E-state index is 11.4. The molecule has 0 aliphatic heterocycles. The zero-order valence-electron chi connectivity index (χ0n) is 9.10. The molecule has 0 unspecified atom stereocenters. The highest BCUT2D eigenvalue weighted by molar-refractivity contribution is 6.03. The minimum absolute atomic E-state index is 0.108. The quantitative estimate of drug-likeness (QED) is 0.695. The van der Waals surface area contributed by atoms with Crippen LogP contribution in [0.25, 0.3) is 0 Å². The molecule has 3 N–H and O–H groups in total. The first-order chi connectivity index (χ1) is 7.10. The first-order valence-corrected chi connectivity index (χ1v) is 4.80. The number of H-pyrrole nitrogens is 1. The van der Waals surface area contributed by atoms with Gasteiger partial charge in [0.15, 0.2) is 0 Å². The highest BCUT2D eigenvalue weighted by Gasteiger charge is 2.15. The molecule has 0 spiro atoms. The second-order valence-corrected chi connectivity index (χ2v) is 3.20. The molecule has 15 heavy (non-hydrogen) atoms. The van der Waals surface area contributed by atoms with E-state index in [1.165, 1.54) is 0 Å². The fourth-order valence-electron chi connectivity index (χ4n) is 1.21. The lowest BCUT2D eigenvalue weighted by Gasteiger charge is -2.05. The van der Waals surface area contributed by atoms with E-state index in [1.807, 2.05) is 6.92 Å². The van der Waals surface area contributed by atoms with Crippen LogP contribution in [0.5, 0.6) is 0 Å². The van der Waals surface area contributed by atoms with Crippen molar-refractivity contribution < 1.29 is 9.59 Å². The third-order valence-electron chi connectivity index (χ3n) is 2.12. The van der Waals surface area contributed by atoms with Gasteiger partial charge in [-0.3, -0.25) is 9.59 Å². The van der Waals surface area contributed by atoms with Crippen LogP contribution in [0, 0.1) is 6.92 Å². The normalized spacial score (nSPS) is 9.80. The zero-order chi connectivity index (χ0) is 11.4. The maximum absolute atomic E-state index is 11.4. The summed E-state index contributed by atoms with van der Waals surface area (Å²) in [5, 5.41) is 5.20. The van der Waals surface area contributed by atoms with E-state index in [0.29, 0.717) is 17.8 Å². The van der Waals surface area contributed by atoms with Crippen molar-refractivity contribution in [2.75, 3.05) is 12.4 Å². The summed E-state index contributed by atoms with van der Waals surface area (Å²) in [7, 11) is 1.55. The van der Waals surface area contributed by atoms with E-state index in [-0.39, 0.29) is 11.8 Å². The predicted molar refractivity (Wildman–Crippen MR) is 57.8 cm³/mol. The van der Waals surface area contributed by atoms with Crippen molar-refractivity contribution in [3.63, 3.8) is 0 Å². The zero-order valence-corrected chi connectivity index (χ0v) is 9.10. The molecular weight excluding hydrogens is 194 g/mol. The molecule has 0 bridgehead atoms. The Bertz CT molecular complexity index is 382. The lowest BCUT2D eigenvalue weighted by molar-refractivity contribution is -0.115. The Kier molecular flexibility index (Phi) is 3.49. The van der Waals surface area contributed by atoms with Crippen LogP contribution in [0.3, 0.4) is 0 Å². The lowest BCUT2D eigenvalue weighted by Crippen LogP contribution is -2.21. The van der Waals surface area contributed by atoms with Crippen molar-refractivity contribution in [3.8, 4) is 0 Å². The summed E-state index contributed by atoms with van der Waals surface area (Å²) in [4.78, 5) is 25.5. The van der Waals surface area contributed by atoms with Crippen molar-refractivity contribution in [3.05, 3.63) is 17.5 Å². The second-order valence-electron chi connectivity index (χ2n) is 3.20. The molecule has 82 valence electrons. The summed E-state index contributed by atoms with van der Waals surface area (Å²) in [6.45, 7) is 3.59. The summed E-state index contributed by atoms with van der Waals surface area (Å²) in [6, 6.07) is 0. The number of nitrogens with one attached hydrogen (secondary N) is 3. The molecule has 0 fully saturated rings. The molecule has 0 atom stereocenters. The van der Waals surface area contributed by atoms with Gasteiger partial charge in [0.25, 0.3) is 5.91 Å². The van der Waals surface area contributed by atoms with Gasteiger partial charge in [0.05, 0.1) is 5.69 Å². The number of aromatic amines is 1. The van der Waals surface area contributed by atoms with Gasteiger partial charge in [-0.15, -0.1) is 0 Å². The first-order valence-electron chi connectivity index (χ1n) is 4.80. The van der Waals surface area contributed by atoms with Crippen molar-refractivity contribution in [2.24, 2.45) is 0 Å². The number of rotatable bonds is 3. The van der Waals surface area contributed by atoms with Gasteiger partial charge in [-0.1, -0.05) is 6.92 Å². The van der Waals surface area contributed by atoms with Crippen LogP contribution >= 0.6 is 0 Å². The fraction of sp³-hybridized carbons (Fsp3) is 0.400. The number of hydrogen-bond donors (Lipinski definition) is 3. The summed E-state index contributed by atoms with van der Waals surface area (Å²) in [5.41, 5.74) is 1.79. The predicted octanol–water partition coefficient (Wildman–Crippen LogP) is 1.03. The monoisotopic (exact) mass is 209 g/mol. The van der Waals surface area contributed by atoms with Crippen LogP contribution in [0.2, 0.25) is 0 Å². The molecule has 0 saturated heterocycles. The van der Waals surface area contributed by atoms with Crippen LogP contribution in [-0.4, -0.2) is 23.8 Å². The highest BCUT2D eigenvalue weighted by atomic mass is 16.2. The van der Waals surface area contributed by atoms with E-state index in [0.717, 1.165) is 5.56 Å². The topological polar surface area (TPSA) is 74.0 Å². The van der Waals surface area contributed by atoms with Gasteiger partial charge < -0.3 is 15.6 Å². The summed E-state index contributed by atoms with van der Waals surface area (Å²) in [5.74, 6) is -0.350.